The molecule has 0 aliphatic carbocycles. The van der Waals surface area contributed by atoms with Gasteiger partial charge in [-0.1, -0.05) is 109 Å². The van der Waals surface area contributed by atoms with Crippen LogP contribution in [0.5, 0.6) is 0 Å². The maximum Gasteiger partial charge on any atom is 0.164 e. The first-order valence-corrected chi connectivity index (χ1v) is 15.7. The quantitative estimate of drug-likeness (QED) is 0.201. The maximum absolute atomic E-state index is 9.48. The van der Waals surface area contributed by atoms with E-state index in [1.54, 1.807) is 11.3 Å². The van der Waals surface area contributed by atoms with Gasteiger partial charge in [-0.25, -0.2) is 15.0 Å². The molecule has 3 heterocycles. The number of thiophene rings is 2. The van der Waals surface area contributed by atoms with Crippen molar-refractivity contribution in [2.45, 2.75) is 0 Å². The molecule has 0 amide bonds. The molecule has 9 aromatic rings. The molecular formula is C39H23N3S2. The minimum Gasteiger partial charge on any atom is -0.208 e. The second kappa shape index (κ2) is 10.2. The first-order chi connectivity index (χ1) is 24.3. The van der Waals surface area contributed by atoms with Crippen LogP contribution in [0.25, 0.3) is 85.6 Å². The zero-order valence-corrected chi connectivity index (χ0v) is 24.6. The van der Waals surface area contributed by atoms with E-state index >= 15 is 0 Å². The zero-order valence-electron chi connectivity index (χ0n) is 29.0. The van der Waals surface area contributed by atoms with Gasteiger partial charge in [0.1, 0.15) is 0 Å². The molecule has 0 atom stereocenters. The fraction of sp³-hybridized carbons (Fsp3) is 0. The Bertz CT molecular complexity index is 2840. The lowest BCUT2D eigenvalue weighted by Gasteiger charge is -2.09. The summed E-state index contributed by atoms with van der Waals surface area (Å²) in [5.41, 5.74) is 2.76. The Morgan fingerprint density at radius 3 is 1.95 bits per heavy atom. The Labute approximate surface area is 270 Å². The van der Waals surface area contributed by atoms with Gasteiger partial charge < -0.3 is 0 Å². The van der Waals surface area contributed by atoms with Gasteiger partial charge >= 0.3 is 0 Å². The molecule has 0 bridgehead atoms. The van der Waals surface area contributed by atoms with Crippen molar-refractivity contribution < 1.29 is 8.22 Å². The number of fused-ring (bicyclic) bond motifs is 6. The molecule has 5 heteroatoms. The van der Waals surface area contributed by atoms with E-state index in [1.165, 1.54) is 16.0 Å². The van der Waals surface area contributed by atoms with Crippen molar-refractivity contribution in [1.82, 2.24) is 15.0 Å². The monoisotopic (exact) mass is 603 g/mol. The summed E-state index contributed by atoms with van der Waals surface area (Å²) < 4.78 is 57.4. The highest BCUT2D eigenvalue weighted by Gasteiger charge is 2.16. The fourth-order valence-corrected chi connectivity index (χ4v) is 7.76. The van der Waals surface area contributed by atoms with Gasteiger partial charge in [-0.15, -0.1) is 22.7 Å². The molecule has 0 aliphatic heterocycles. The minimum atomic E-state index is -0.262. The van der Waals surface area contributed by atoms with Crippen LogP contribution >= 0.6 is 22.7 Å². The molecule has 0 saturated heterocycles. The topological polar surface area (TPSA) is 38.7 Å². The van der Waals surface area contributed by atoms with Gasteiger partial charge in [0.25, 0.3) is 0 Å². The number of aromatic nitrogens is 3. The molecular weight excluding hydrogens is 575 g/mol. The number of benzene rings is 6. The summed E-state index contributed by atoms with van der Waals surface area (Å²) >= 11 is 2.92. The highest BCUT2D eigenvalue weighted by Crippen LogP contribution is 2.41. The maximum atomic E-state index is 9.48. The van der Waals surface area contributed by atoms with E-state index in [4.69, 9.17) is 19.1 Å². The number of hydrogen-bond acceptors (Lipinski definition) is 5. The van der Waals surface area contributed by atoms with E-state index in [-0.39, 0.29) is 53.0 Å². The van der Waals surface area contributed by atoms with E-state index in [0.717, 1.165) is 26.6 Å². The van der Waals surface area contributed by atoms with Crippen molar-refractivity contribution >= 4 is 63.0 Å². The van der Waals surface area contributed by atoms with Crippen LogP contribution < -0.4 is 0 Å². The molecule has 0 saturated carbocycles. The molecule has 9 rings (SSSR count). The van der Waals surface area contributed by atoms with Crippen LogP contribution in [-0.4, -0.2) is 15.0 Å². The largest absolute Gasteiger partial charge is 0.208 e. The van der Waals surface area contributed by atoms with Gasteiger partial charge in [0.05, 0.1) is 8.22 Å². The lowest BCUT2D eigenvalue weighted by atomic mass is 10.0. The first kappa shape index (κ1) is 19.9. The molecule has 6 aromatic carbocycles. The summed E-state index contributed by atoms with van der Waals surface area (Å²) in [7, 11) is 0. The van der Waals surface area contributed by atoms with Gasteiger partial charge in [-0.2, -0.15) is 0 Å². The number of rotatable bonds is 4. The van der Waals surface area contributed by atoms with Crippen LogP contribution in [0.4, 0.5) is 0 Å². The highest BCUT2D eigenvalue weighted by molar-refractivity contribution is 7.26. The smallest absolute Gasteiger partial charge is 0.164 e. The average molecular weight is 604 g/mol. The zero-order chi connectivity index (χ0) is 34.3. The molecule has 0 aliphatic rings. The first-order valence-electron chi connectivity index (χ1n) is 17.0. The van der Waals surface area contributed by atoms with Gasteiger partial charge in [0.15, 0.2) is 17.5 Å². The summed E-state index contributed by atoms with van der Waals surface area (Å²) in [4.78, 5) is 14.5. The minimum absolute atomic E-state index is 0.0471. The van der Waals surface area contributed by atoms with Crippen molar-refractivity contribution in [3.05, 3.63) is 139 Å². The normalized spacial score (nSPS) is 13.5. The Kier molecular flexibility index (Phi) is 4.60. The van der Waals surface area contributed by atoms with Gasteiger partial charge in [0.2, 0.25) is 0 Å². The van der Waals surface area contributed by atoms with E-state index in [9.17, 15) is 4.11 Å². The Morgan fingerprint density at radius 1 is 0.455 bits per heavy atom. The van der Waals surface area contributed by atoms with E-state index in [0.29, 0.717) is 37.6 Å². The van der Waals surface area contributed by atoms with Gasteiger partial charge in [-0.3, -0.25) is 0 Å². The summed E-state index contributed by atoms with van der Waals surface area (Å²) in [6.45, 7) is 0. The van der Waals surface area contributed by atoms with E-state index in [2.05, 4.69) is 24.3 Å². The van der Waals surface area contributed by atoms with Crippen molar-refractivity contribution in [1.29, 1.82) is 0 Å². The number of nitrogens with zero attached hydrogens (tertiary/aromatic N) is 3. The third-order valence-electron chi connectivity index (χ3n) is 7.65. The van der Waals surface area contributed by atoms with Crippen molar-refractivity contribution in [2.75, 3.05) is 0 Å². The van der Waals surface area contributed by atoms with Crippen molar-refractivity contribution in [3.8, 4) is 45.3 Å². The summed E-state index contributed by atoms with van der Waals surface area (Å²) in [6.07, 6.45) is 0. The highest BCUT2D eigenvalue weighted by atomic mass is 32.1. The molecule has 44 heavy (non-hydrogen) atoms. The lowest BCUT2D eigenvalue weighted by molar-refractivity contribution is 1.08. The van der Waals surface area contributed by atoms with Gasteiger partial charge in [0, 0.05) is 57.0 Å². The fourth-order valence-electron chi connectivity index (χ4n) is 5.53. The van der Waals surface area contributed by atoms with Crippen LogP contribution in [0.2, 0.25) is 0 Å². The SMILES string of the molecule is [2H]c1c([2H])c([2H])c2c(sc3c([2H])c(-c4nc(-c5ccccc5)nc(-c5ccc6sc7ccccc7c6c5)n4)c([2H])c([2H])c32)c1-c1ccccc1. The predicted octanol–water partition coefficient (Wildman–Crippen LogP) is 11.3. The van der Waals surface area contributed by atoms with Crippen LogP contribution in [-0.2, 0) is 0 Å². The van der Waals surface area contributed by atoms with E-state index < -0.39 is 0 Å². The average Bonchev–Trinajstić information content (AvgIpc) is 3.73. The van der Waals surface area contributed by atoms with E-state index in [1.807, 2.05) is 78.9 Å². The summed E-state index contributed by atoms with van der Waals surface area (Å²) in [5, 5.41) is 2.78. The Hall–Kier alpha value is -5.23. The second-order valence-electron chi connectivity index (χ2n) is 10.4. The molecule has 0 unspecified atom stereocenters. The lowest BCUT2D eigenvalue weighted by Crippen LogP contribution is -2.00. The molecule has 0 fully saturated rings. The molecule has 206 valence electrons. The summed E-state index contributed by atoms with van der Waals surface area (Å²) in [6, 6.07) is 32.0. The predicted molar refractivity (Wildman–Crippen MR) is 187 cm³/mol. The van der Waals surface area contributed by atoms with Crippen LogP contribution in [0.1, 0.15) is 8.22 Å². The number of hydrogen-bond donors (Lipinski definition) is 0. The molecule has 3 nitrogen and oxygen atoms in total. The van der Waals surface area contributed by atoms with Crippen LogP contribution in [0, 0.1) is 0 Å². The molecule has 0 spiro atoms. The standard InChI is InChI=1S/C39H23N3S2/c1-3-10-24(11-4-1)28-15-9-16-31-30-20-18-27(23-35(30)44-36(28)31)39-41-37(25-12-5-2-6-13-25)40-38(42-39)26-19-21-34-32(22-26)29-14-7-8-17-33(29)43-34/h1-23H/i9D,15D,16D,18D,20D,23D. The molecule has 0 N–H and O–H groups in total. The third-order valence-corrected chi connectivity index (χ3v) is 9.92. The van der Waals surface area contributed by atoms with Gasteiger partial charge in [-0.05, 0) is 41.4 Å². The molecule has 0 radical (unpaired) electrons. The second-order valence-corrected chi connectivity index (χ2v) is 12.5. The Balaban J connectivity index is 1.33. The van der Waals surface area contributed by atoms with Crippen molar-refractivity contribution in [2.24, 2.45) is 0 Å². The third kappa shape index (κ3) is 4.21. The Morgan fingerprint density at radius 2 is 1.14 bits per heavy atom. The summed E-state index contributed by atoms with van der Waals surface area (Å²) in [5.74, 6) is 0.856. The van der Waals surface area contributed by atoms with Crippen LogP contribution in [0.15, 0.2) is 139 Å². The van der Waals surface area contributed by atoms with Crippen LogP contribution in [0.3, 0.4) is 0 Å². The molecule has 3 aromatic heterocycles. The van der Waals surface area contributed by atoms with Crippen molar-refractivity contribution in [3.63, 3.8) is 0 Å².